The summed E-state index contributed by atoms with van der Waals surface area (Å²) in [5.74, 6) is 0.00507. The lowest BCUT2D eigenvalue weighted by molar-refractivity contribution is 0.100. The largest absolute Gasteiger partial charge is 0.365 e. The second-order valence-electron chi connectivity index (χ2n) is 3.90. The number of carbonyl (C=O) groups excluding carboxylic acids is 1. The summed E-state index contributed by atoms with van der Waals surface area (Å²) in [5.41, 5.74) is 7.82. The van der Waals surface area contributed by atoms with Crippen molar-refractivity contribution in [3.05, 3.63) is 53.7 Å². The first-order chi connectivity index (χ1) is 8.72. The third kappa shape index (κ3) is 2.48. The van der Waals surface area contributed by atoms with Gasteiger partial charge in [0, 0.05) is 11.9 Å². The number of para-hydroxylation sites is 1. The number of nitrogens with zero attached hydrogens (tertiary/aromatic N) is 1. The molecule has 0 unspecified atom stereocenters. The molecule has 2 rings (SSSR count). The number of aromatic nitrogens is 1. The Morgan fingerprint density at radius 2 is 2.06 bits per heavy atom. The Hall–Kier alpha value is -2.36. The summed E-state index contributed by atoms with van der Waals surface area (Å²) in [6.07, 6.45) is 2.53. The molecule has 0 radical (unpaired) electrons. The average molecular weight is 241 g/mol. The molecule has 1 heterocycles. The van der Waals surface area contributed by atoms with Gasteiger partial charge >= 0.3 is 0 Å². The number of carbonyl (C=O) groups is 1. The molecule has 2 aromatic rings. The summed E-state index contributed by atoms with van der Waals surface area (Å²) < 4.78 is 0. The van der Waals surface area contributed by atoms with Crippen molar-refractivity contribution < 1.29 is 4.79 Å². The van der Waals surface area contributed by atoms with Crippen LogP contribution in [0.1, 0.15) is 22.8 Å². The summed E-state index contributed by atoms with van der Waals surface area (Å²) in [6.45, 7) is 2.08. The Labute approximate surface area is 106 Å². The zero-order chi connectivity index (χ0) is 13.0. The van der Waals surface area contributed by atoms with Crippen molar-refractivity contribution in [3.8, 4) is 0 Å². The van der Waals surface area contributed by atoms with Gasteiger partial charge in [0.1, 0.15) is 5.82 Å². The molecular formula is C14H15N3O. The first kappa shape index (κ1) is 12.1. The number of nitrogens with one attached hydrogen (secondary N) is 1. The van der Waals surface area contributed by atoms with Gasteiger partial charge in [-0.05, 0) is 30.2 Å². The smallest absolute Gasteiger partial charge is 0.252 e. The van der Waals surface area contributed by atoms with Gasteiger partial charge in [0.05, 0.1) is 5.56 Å². The molecule has 4 nitrogen and oxygen atoms in total. The summed E-state index contributed by atoms with van der Waals surface area (Å²) in [4.78, 5) is 15.5. The highest BCUT2D eigenvalue weighted by Crippen LogP contribution is 2.22. The van der Waals surface area contributed by atoms with Gasteiger partial charge in [-0.2, -0.15) is 0 Å². The number of amides is 1. The molecule has 0 aliphatic heterocycles. The van der Waals surface area contributed by atoms with Crippen LogP contribution in [0.15, 0.2) is 42.6 Å². The van der Waals surface area contributed by atoms with Crippen LogP contribution in [-0.2, 0) is 6.42 Å². The molecule has 0 spiro atoms. The van der Waals surface area contributed by atoms with Crippen LogP contribution in [0.25, 0.3) is 0 Å². The summed E-state index contributed by atoms with van der Waals surface area (Å²) in [7, 11) is 0. The maximum Gasteiger partial charge on any atom is 0.252 e. The van der Waals surface area contributed by atoms with E-state index in [1.807, 2.05) is 24.3 Å². The number of hydrogen-bond acceptors (Lipinski definition) is 3. The number of rotatable bonds is 4. The zero-order valence-electron chi connectivity index (χ0n) is 10.2. The van der Waals surface area contributed by atoms with Crippen LogP contribution in [0.3, 0.4) is 0 Å². The van der Waals surface area contributed by atoms with Gasteiger partial charge in [0.25, 0.3) is 5.91 Å². The predicted octanol–water partition coefficient (Wildman–Crippen LogP) is 2.49. The summed E-state index contributed by atoms with van der Waals surface area (Å²) >= 11 is 0. The maximum atomic E-state index is 11.3. The average Bonchev–Trinajstić information content (AvgIpc) is 2.40. The van der Waals surface area contributed by atoms with Crippen molar-refractivity contribution >= 4 is 17.4 Å². The highest BCUT2D eigenvalue weighted by molar-refractivity contribution is 5.98. The van der Waals surface area contributed by atoms with Crippen molar-refractivity contribution in [1.29, 1.82) is 0 Å². The van der Waals surface area contributed by atoms with Crippen LogP contribution in [0.4, 0.5) is 11.5 Å². The first-order valence-electron chi connectivity index (χ1n) is 5.82. The zero-order valence-corrected chi connectivity index (χ0v) is 10.2. The van der Waals surface area contributed by atoms with Gasteiger partial charge in [-0.1, -0.05) is 25.1 Å². The van der Waals surface area contributed by atoms with Gasteiger partial charge in [-0.25, -0.2) is 4.98 Å². The van der Waals surface area contributed by atoms with E-state index in [9.17, 15) is 4.79 Å². The standard InChI is InChI=1S/C14H15N3O/c1-2-10-6-3-4-8-12(10)17-14-11(13(15)18)7-5-9-16-14/h3-9H,2H2,1H3,(H2,15,18)(H,16,17). The van der Waals surface area contributed by atoms with E-state index in [1.54, 1.807) is 18.3 Å². The Morgan fingerprint density at radius 1 is 1.28 bits per heavy atom. The highest BCUT2D eigenvalue weighted by Gasteiger charge is 2.09. The monoisotopic (exact) mass is 241 g/mol. The topological polar surface area (TPSA) is 68.0 Å². The third-order valence-corrected chi connectivity index (χ3v) is 2.72. The van der Waals surface area contributed by atoms with Gasteiger partial charge < -0.3 is 11.1 Å². The van der Waals surface area contributed by atoms with E-state index in [2.05, 4.69) is 17.2 Å². The minimum absolute atomic E-state index is 0.392. The number of benzene rings is 1. The molecule has 0 saturated carbocycles. The van der Waals surface area contributed by atoms with E-state index in [0.717, 1.165) is 12.1 Å². The quantitative estimate of drug-likeness (QED) is 0.864. The van der Waals surface area contributed by atoms with Crippen molar-refractivity contribution in [2.24, 2.45) is 5.73 Å². The van der Waals surface area contributed by atoms with Crippen LogP contribution in [0.2, 0.25) is 0 Å². The fourth-order valence-electron chi connectivity index (χ4n) is 1.78. The number of nitrogens with two attached hydrogens (primary N) is 1. The lowest BCUT2D eigenvalue weighted by Gasteiger charge is -2.11. The van der Waals surface area contributed by atoms with Crippen LogP contribution >= 0.6 is 0 Å². The van der Waals surface area contributed by atoms with Crippen LogP contribution in [-0.4, -0.2) is 10.9 Å². The predicted molar refractivity (Wildman–Crippen MR) is 71.9 cm³/mol. The maximum absolute atomic E-state index is 11.3. The van der Waals surface area contributed by atoms with Crippen LogP contribution in [0.5, 0.6) is 0 Å². The third-order valence-electron chi connectivity index (χ3n) is 2.72. The molecular weight excluding hydrogens is 226 g/mol. The number of aryl methyl sites for hydroxylation is 1. The fourth-order valence-corrected chi connectivity index (χ4v) is 1.78. The molecule has 0 aliphatic rings. The van der Waals surface area contributed by atoms with Gasteiger partial charge in [0.2, 0.25) is 0 Å². The van der Waals surface area contributed by atoms with Gasteiger partial charge in [-0.3, -0.25) is 4.79 Å². The van der Waals surface area contributed by atoms with E-state index in [-0.39, 0.29) is 0 Å². The molecule has 1 amide bonds. The normalized spacial score (nSPS) is 10.1. The van der Waals surface area contributed by atoms with E-state index < -0.39 is 5.91 Å². The molecule has 18 heavy (non-hydrogen) atoms. The first-order valence-corrected chi connectivity index (χ1v) is 5.82. The lowest BCUT2D eigenvalue weighted by Crippen LogP contribution is -2.14. The second-order valence-corrected chi connectivity index (χ2v) is 3.90. The Bertz CT molecular complexity index is 566. The van der Waals surface area contributed by atoms with Crippen LogP contribution in [0, 0.1) is 0 Å². The number of hydrogen-bond donors (Lipinski definition) is 2. The van der Waals surface area contributed by atoms with E-state index in [4.69, 9.17) is 5.73 Å². The molecule has 0 saturated heterocycles. The Balaban J connectivity index is 2.37. The summed E-state index contributed by atoms with van der Waals surface area (Å²) in [6, 6.07) is 11.3. The molecule has 0 bridgehead atoms. The second kappa shape index (κ2) is 5.31. The Kier molecular flexibility index (Phi) is 3.57. The minimum atomic E-state index is -0.487. The highest BCUT2D eigenvalue weighted by atomic mass is 16.1. The molecule has 0 atom stereocenters. The minimum Gasteiger partial charge on any atom is -0.365 e. The number of pyridine rings is 1. The van der Waals surface area contributed by atoms with Crippen molar-refractivity contribution in [2.75, 3.05) is 5.32 Å². The Morgan fingerprint density at radius 3 is 2.78 bits per heavy atom. The SMILES string of the molecule is CCc1ccccc1Nc1ncccc1C(N)=O. The lowest BCUT2D eigenvalue weighted by atomic mass is 10.1. The number of primary amides is 1. The van der Waals surface area contributed by atoms with Gasteiger partial charge in [0.15, 0.2) is 0 Å². The molecule has 1 aromatic carbocycles. The molecule has 0 fully saturated rings. The van der Waals surface area contributed by atoms with Crippen molar-refractivity contribution in [2.45, 2.75) is 13.3 Å². The fraction of sp³-hybridized carbons (Fsp3) is 0.143. The van der Waals surface area contributed by atoms with E-state index in [1.165, 1.54) is 5.56 Å². The number of anilines is 2. The van der Waals surface area contributed by atoms with E-state index >= 15 is 0 Å². The molecule has 0 aliphatic carbocycles. The molecule has 92 valence electrons. The van der Waals surface area contributed by atoms with Gasteiger partial charge in [-0.15, -0.1) is 0 Å². The van der Waals surface area contributed by atoms with Crippen molar-refractivity contribution in [3.63, 3.8) is 0 Å². The van der Waals surface area contributed by atoms with Crippen molar-refractivity contribution in [1.82, 2.24) is 4.98 Å². The van der Waals surface area contributed by atoms with E-state index in [0.29, 0.717) is 11.4 Å². The molecule has 4 heteroatoms. The molecule has 1 aromatic heterocycles. The summed E-state index contributed by atoms with van der Waals surface area (Å²) in [5, 5.41) is 3.16. The van der Waals surface area contributed by atoms with Crippen LogP contribution < -0.4 is 11.1 Å². The molecule has 3 N–H and O–H groups in total.